The van der Waals surface area contributed by atoms with Crippen LogP contribution >= 0.6 is 27.5 Å². The van der Waals surface area contributed by atoms with Gasteiger partial charge in [-0.1, -0.05) is 27.5 Å². The topological polar surface area (TPSA) is 127 Å². The van der Waals surface area contributed by atoms with Crippen LogP contribution in [0.2, 0.25) is 5.02 Å². The minimum atomic E-state index is -0.415. The van der Waals surface area contributed by atoms with Crippen molar-refractivity contribution in [2.75, 3.05) is 11.1 Å². The normalized spacial score (nSPS) is 11.2. The fraction of sp³-hybridized carbons (Fsp3) is 0. The molecule has 1 amide bonds. The Kier molecular flexibility index (Phi) is 4.91. The Morgan fingerprint density at radius 1 is 1.16 bits per heavy atom. The molecule has 158 valence electrons. The first kappa shape index (κ1) is 20.2. The van der Waals surface area contributed by atoms with Crippen LogP contribution in [0.1, 0.15) is 10.4 Å². The van der Waals surface area contributed by atoms with Gasteiger partial charge in [-0.25, -0.2) is 9.97 Å². The number of H-pyrrole nitrogens is 1. The van der Waals surface area contributed by atoms with Gasteiger partial charge in [0.1, 0.15) is 22.7 Å². The van der Waals surface area contributed by atoms with Crippen LogP contribution in [0.3, 0.4) is 0 Å². The van der Waals surface area contributed by atoms with Crippen LogP contribution in [0.4, 0.5) is 11.5 Å². The van der Waals surface area contributed by atoms with Gasteiger partial charge in [-0.15, -0.1) is 0 Å². The summed E-state index contributed by atoms with van der Waals surface area (Å²) in [6.45, 7) is 0. The molecule has 0 fully saturated rings. The number of pyridine rings is 1. The molecule has 5 aromatic rings. The molecule has 3 aromatic heterocycles. The number of aromatic nitrogens is 3. The van der Waals surface area contributed by atoms with Crippen molar-refractivity contribution >= 4 is 67.0 Å². The summed E-state index contributed by atoms with van der Waals surface area (Å²) in [7, 11) is 0. The largest absolute Gasteiger partial charge is 0.449 e. The fourth-order valence-electron chi connectivity index (χ4n) is 3.28. The zero-order chi connectivity index (χ0) is 22.4. The van der Waals surface area contributed by atoms with Crippen molar-refractivity contribution < 1.29 is 9.21 Å². The Morgan fingerprint density at radius 3 is 2.75 bits per heavy atom. The fourth-order valence-corrected chi connectivity index (χ4v) is 3.91. The molecule has 0 aliphatic heterocycles. The maximum atomic E-state index is 12.6. The number of nitrogens with zero attached hydrogens (tertiary/aromatic N) is 2. The summed E-state index contributed by atoms with van der Waals surface area (Å²) in [4.78, 5) is 36.2. The number of fused-ring (bicyclic) bond motifs is 3. The number of rotatable bonds is 3. The first-order chi connectivity index (χ1) is 15.4. The average Bonchev–Trinajstić information content (AvgIpc) is 3.13. The number of benzene rings is 2. The molecule has 0 saturated carbocycles. The van der Waals surface area contributed by atoms with E-state index in [0.717, 1.165) is 4.47 Å². The second-order valence-corrected chi connectivity index (χ2v) is 8.28. The zero-order valence-electron chi connectivity index (χ0n) is 16.1. The predicted molar refractivity (Wildman–Crippen MR) is 127 cm³/mol. The first-order valence-corrected chi connectivity index (χ1v) is 10.5. The highest BCUT2D eigenvalue weighted by Crippen LogP contribution is 2.32. The third-order valence-electron chi connectivity index (χ3n) is 4.82. The standard InChI is InChI=1S/C22H13BrClN5O3/c23-11-2-5-16-14(7-11)18-19(32-16)22(31)29-20(28-18)13-4-3-12(8-15(13)24)27-21(30)10-1-6-17(25)26-9-10/h1-9H,(H2,25,26)(H,27,30)(H,28,29,31). The molecule has 32 heavy (non-hydrogen) atoms. The number of nitrogens with one attached hydrogen (secondary N) is 2. The Balaban J connectivity index is 1.51. The zero-order valence-corrected chi connectivity index (χ0v) is 18.5. The maximum absolute atomic E-state index is 12.6. The Hall–Kier alpha value is -3.69. The highest BCUT2D eigenvalue weighted by Gasteiger charge is 2.16. The highest BCUT2D eigenvalue weighted by atomic mass is 79.9. The molecular formula is C22H13BrClN5O3. The number of anilines is 2. The van der Waals surface area contributed by atoms with Gasteiger partial charge in [-0.3, -0.25) is 9.59 Å². The van der Waals surface area contributed by atoms with E-state index in [9.17, 15) is 9.59 Å². The molecule has 0 aliphatic carbocycles. The van der Waals surface area contributed by atoms with E-state index in [4.69, 9.17) is 21.8 Å². The molecule has 0 spiro atoms. The van der Waals surface area contributed by atoms with E-state index in [2.05, 4.69) is 36.2 Å². The van der Waals surface area contributed by atoms with Crippen molar-refractivity contribution in [1.29, 1.82) is 0 Å². The van der Waals surface area contributed by atoms with Crippen molar-refractivity contribution in [3.8, 4) is 11.4 Å². The number of furan rings is 1. The lowest BCUT2D eigenvalue weighted by atomic mass is 10.1. The smallest absolute Gasteiger partial charge is 0.294 e. The SMILES string of the molecule is Nc1ccc(C(=O)Nc2ccc(-c3nc4c(oc5ccc(Br)cc54)c(=O)[nH]3)c(Cl)c2)cn1. The quantitative estimate of drug-likeness (QED) is 0.314. The summed E-state index contributed by atoms with van der Waals surface area (Å²) < 4.78 is 6.49. The molecule has 10 heteroatoms. The lowest BCUT2D eigenvalue weighted by Gasteiger charge is -2.09. The molecule has 0 atom stereocenters. The van der Waals surface area contributed by atoms with Crippen LogP contribution in [0.15, 0.2) is 68.4 Å². The van der Waals surface area contributed by atoms with E-state index in [1.807, 2.05) is 12.1 Å². The highest BCUT2D eigenvalue weighted by molar-refractivity contribution is 9.10. The van der Waals surface area contributed by atoms with Gasteiger partial charge in [0.2, 0.25) is 5.58 Å². The van der Waals surface area contributed by atoms with Gasteiger partial charge in [0.15, 0.2) is 0 Å². The van der Waals surface area contributed by atoms with E-state index in [0.29, 0.717) is 44.1 Å². The first-order valence-electron chi connectivity index (χ1n) is 9.34. The summed E-state index contributed by atoms with van der Waals surface area (Å²) in [5.74, 6) is 0.255. The average molecular weight is 511 g/mol. The lowest BCUT2D eigenvalue weighted by Crippen LogP contribution is -2.12. The summed E-state index contributed by atoms with van der Waals surface area (Å²) in [6, 6.07) is 13.5. The maximum Gasteiger partial charge on any atom is 0.294 e. The van der Waals surface area contributed by atoms with E-state index < -0.39 is 5.56 Å². The Morgan fingerprint density at radius 2 is 2.00 bits per heavy atom. The van der Waals surface area contributed by atoms with Crippen LogP contribution in [-0.4, -0.2) is 20.9 Å². The molecule has 4 N–H and O–H groups in total. The van der Waals surface area contributed by atoms with E-state index in [1.165, 1.54) is 6.20 Å². The lowest BCUT2D eigenvalue weighted by molar-refractivity contribution is 0.102. The van der Waals surface area contributed by atoms with Crippen molar-refractivity contribution in [1.82, 2.24) is 15.0 Å². The van der Waals surface area contributed by atoms with E-state index >= 15 is 0 Å². The summed E-state index contributed by atoms with van der Waals surface area (Å²) in [5, 5.41) is 3.76. The number of hydrogen-bond acceptors (Lipinski definition) is 6. The monoisotopic (exact) mass is 509 g/mol. The Bertz CT molecular complexity index is 1580. The molecular weight excluding hydrogens is 498 g/mol. The number of halogens is 2. The molecule has 0 radical (unpaired) electrons. The number of carbonyl (C=O) groups excluding carboxylic acids is 1. The van der Waals surface area contributed by atoms with Gasteiger partial charge in [-0.05, 0) is 48.5 Å². The van der Waals surface area contributed by atoms with E-state index in [-0.39, 0.29) is 17.3 Å². The van der Waals surface area contributed by atoms with Crippen LogP contribution in [0.25, 0.3) is 33.5 Å². The third-order valence-corrected chi connectivity index (χ3v) is 5.62. The minimum Gasteiger partial charge on any atom is -0.449 e. The van der Waals surface area contributed by atoms with Gasteiger partial charge in [0.25, 0.3) is 11.5 Å². The molecule has 3 heterocycles. The molecule has 0 bridgehead atoms. The van der Waals surface area contributed by atoms with Crippen LogP contribution in [-0.2, 0) is 0 Å². The van der Waals surface area contributed by atoms with Crippen molar-refractivity contribution in [3.05, 3.63) is 80.1 Å². The summed E-state index contributed by atoms with van der Waals surface area (Å²) >= 11 is 9.89. The van der Waals surface area contributed by atoms with Gasteiger partial charge < -0.3 is 20.5 Å². The number of nitrogens with two attached hydrogens (primary N) is 1. The van der Waals surface area contributed by atoms with Gasteiger partial charge in [0.05, 0.1) is 10.6 Å². The molecule has 0 unspecified atom stereocenters. The van der Waals surface area contributed by atoms with Crippen molar-refractivity contribution in [3.63, 3.8) is 0 Å². The molecule has 2 aromatic carbocycles. The number of nitrogen functional groups attached to an aromatic ring is 1. The number of aromatic amines is 1. The van der Waals surface area contributed by atoms with Gasteiger partial charge >= 0.3 is 0 Å². The van der Waals surface area contributed by atoms with Crippen molar-refractivity contribution in [2.24, 2.45) is 0 Å². The minimum absolute atomic E-state index is 0.138. The summed E-state index contributed by atoms with van der Waals surface area (Å²) in [5.41, 5.74) is 7.59. The van der Waals surface area contributed by atoms with Crippen LogP contribution in [0.5, 0.6) is 0 Å². The van der Waals surface area contributed by atoms with Crippen LogP contribution in [0, 0.1) is 0 Å². The second-order valence-electron chi connectivity index (χ2n) is 6.96. The second kappa shape index (κ2) is 7.77. The summed E-state index contributed by atoms with van der Waals surface area (Å²) in [6.07, 6.45) is 1.39. The predicted octanol–water partition coefficient (Wildman–Crippen LogP) is 4.98. The molecule has 0 aliphatic rings. The number of carbonyl (C=O) groups is 1. The van der Waals surface area contributed by atoms with Gasteiger partial charge in [0, 0.05) is 27.3 Å². The molecule has 0 saturated heterocycles. The molecule has 5 rings (SSSR count). The van der Waals surface area contributed by atoms with Crippen LogP contribution < -0.4 is 16.6 Å². The number of amides is 1. The van der Waals surface area contributed by atoms with E-state index in [1.54, 1.807) is 36.4 Å². The third kappa shape index (κ3) is 3.61. The van der Waals surface area contributed by atoms with Crippen molar-refractivity contribution in [2.45, 2.75) is 0 Å². The molecule has 8 nitrogen and oxygen atoms in total. The Labute approximate surface area is 193 Å². The number of hydrogen-bond donors (Lipinski definition) is 3. The van der Waals surface area contributed by atoms with Gasteiger partial charge in [-0.2, -0.15) is 0 Å².